The van der Waals surface area contributed by atoms with Crippen LogP contribution in [0.2, 0.25) is 0 Å². The summed E-state index contributed by atoms with van der Waals surface area (Å²) in [6.45, 7) is 4.91. The largest absolute Gasteiger partial charge is 0.493 e. The van der Waals surface area contributed by atoms with Crippen LogP contribution in [0.15, 0.2) is 24.3 Å². The minimum absolute atomic E-state index is 0.0548. The first kappa shape index (κ1) is 20.2. The second kappa shape index (κ2) is 9.61. The van der Waals surface area contributed by atoms with Crippen LogP contribution in [-0.2, 0) is 9.53 Å². The van der Waals surface area contributed by atoms with Crippen LogP contribution in [0.4, 0.5) is 0 Å². The number of amides is 2. The van der Waals surface area contributed by atoms with Crippen molar-refractivity contribution < 1.29 is 19.1 Å². The highest BCUT2D eigenvalue weighted by atomic mass is 16.5. The lowest BCUT2D eigenvalue weighted by Gasteiger charge is -2.33. The Morgan fingerprint density at radius 3 is 2.21 bits per heavy atom. The Hall–Kier alpha value is -2.08. The van der Waals surface area contributed by atoms with Gasteiger partial charge in [0.05, 0.1) is 19.8 Å². The van der Waals surface area contributed by atoms with Gasteiger partial charge in [0.1, 0.15) is 5.75 Å². The Bertz CT molecular complexity index is 685. The molecule has 0 bridgehead atoms. The van der Waals surface area contributed by atoms with Gasteiger partial charge in [-0.05, 0) is 55.9 Å². The van der Waals surface area contributed by atoms with Gasteiger partial charge in [0.2, 0.25) is 5.91 Å². The molecule has 0 N–H and O–H groups in total. The van der Waals surface area contributed by atoms with E-state index in [1.54, 1.807) is 0 Å². The molecule has 2 saturated heterocycles. The van der Waals surface area contributed by atoms with Crippen LogP contribution >= 0.6 is 0 Å². The normalized spacial score (nSPS) is 21.4. The standard InChI is InChI=1S/C23H32N2O4/c26-22(19-3-1-2-4-19)24-11-9-18(10-12-24)17-29-21-7-5-20(6-8-21)23(27)25-13-15-28-16-14-25/h5-8,18-19H,1-4,9-17H2. The SMILES string of the molecule is O=C(c1ccc(OCC2CCN(C(=O)C3CCCC3)CC2)cc1)N1CCOCC1. The average Bonchev–Trinajstić information content (AvgIpc) is 3.33. The van der Waals surface area contributed by atoms with Crippen molar-refractivity contribution in [3.63, 3.8) is 0 Å². The Morgan fingerprint density at radius 1 is 0.897 bits per heavy atom. The van der Waals surface area contributed by atoms with E-state index < -0.39 is 0 Å². The molecule has 1 saturated carbocycles. The zero-order chi connectivity index (χ0) is 20.1. The molecule has 3 fully saturated rings. The molecule has 0 unspecified atom stereocenters. The molecule has 1 aliphatic carbocycles. The molecule has 0 radical (unpaired) electrons. The van der Waals surface area contributed by atoms with Gasteiger partial charge < -0.3 is 19.3 Å². The maximum atomic E-state index is 12.5. The zero-order valence-electron chi connectivity index (χ0n) is 17.2. The summed E-state index contributed by atoms with van der Waals surface area (Å²) >= 11 is 0. The van der Waals surface area contributed by atoms with Gasteiger partial charge in [-0.15, -0.1) is 0 Å². The van der Waals surface area contributed by atoms with E-state index in [2.05, 4.69) is 4.90 Å². The molecule has 3 aliphatic rings. The number of hydrogen-bond donors (Lipinski definition) is 0. The molecule has 4 rings (SSSR count). The van der Waals surface area contributed by atoms with Crippen molar-refractivity contribution in [3.8, 4) is 5.75 Å². The van der Waals surface area contributed by atoms with E-state index in [1.165, 1.54) is 12.8 Å². The number of rotatable bonds is 5. The Morgan fingerprint density at radius 2 is 1.55 bits per heavy atom. The number of piperidine rings is 1. The van der Waals surface area contributed by atoms with Gasteiger partial charge in [0.15, 0.2) is 0 Å². The van der Waals surface area contributed by atoms with Crippen molar-refractivity contribution in [1.29, 1.82) is 0 Å². The van der Waals surface area contributed by atoms with Gasteiger partial charge in [-0.3, -0.25) is 9.59 Å². The summed E-state index contributed by atoms with van der Waals surface area (Å²) in [5, 5.41) is 0. The summed E-state index contributed by atoms with van der Waals surface area (Å²) in [6, 6.07) is 7.45. The Kier molecular flexibility index (Phi) is 6.70. The monoisotopic (exact) mass is 400 g/mol. The Balaban J connectivity index is 1.20. The maximum Gasteiger partial charge on any atom is 0.254 e. The summed E-state index contributed by atoms with van der Waals surface area (Å²) in [5.41, 5.74) is 0.693. The topological polar surface area (TPSA) is 59.1 Å². The van der Waals surface area contributed by atoms with E-state index in [-0.39, 0.29) is 11.8 Å². The summed E-state index contributed by atoms with van der Waals surface area (Å²) < 4.78 is 11.3. The lowest BCUT2D eigenvalue weighted by Crippen LogP contribution is -2.42. The van der Waals surface area contributed by atoms with Gasteiger partial charge >= 0.3 is 0 Å². The van der Waals surface area contributed by atoms with Crippen LogP contribution in [0.25, 0.3) is 0 Å². The van der Waals surface area contributed by atoms with Crippen LogP contribution in [0.3, 0.4) is 0 Å². The van der Waals surface area contributed by atoms with Crippen LogP contribution in [-0.4, -0.2) is 67.6 Å². The molecule has 0 spiro atoms. The number of carbonyl (C=O) groups is 2. The van der Waals surface area contributed by atoms with Gasteiger partial charge in [-0.2, -0.15) is 0 Å². The molecule has 6 nitrogen and oxygen atoms in total. The predicted molar refractivity (Wildman–Crippen MR) is 110 cm³/mol. The summed E-state index contributed by atoms with van der Waals surface area (Å²) in [6.07, 6.45) is 6.57. The van der Waals surface area contributed by atoms with E-state index >= 15 is 0 Å². The fourth-order valence-electron chi connectivity index (χ4n) is 4.61. The first-order valence-corrected chi connectivity index (χ1v) is 11.1. The molecule has 2 aliphatic heterocycles. The molecule has 1 aromatic rings. The second-order valence-electron chi connectivity index (χ2n) is 8.49. The molecule has 158 valence electrons. The fraction of sp³-hybridized carbons (Fsp3) is 0.652. The van der Waals surface area contributed by atoms with Crippen LogP contribution in [0, 0.1) is 11.8 Å². The summed E-state index contributed by atoms with van der Waals surface area (Å²) in [4.78, 5) is 28.9. The Labute approximate surface area is 173 Å². The zero-order valence-corrected chi connectivity index (χ0v) is 17.2. The third-order valence-corrected chi connectivity index (χ3v) is 6.52. The lowest BCUT2D eigenvalue weighted by atomic mass is 9.96. The van der Waals surface area contributed by atoms with Crippen LogP contribution in [0.5, 0.6) is 5.75 Å². The first-order valence-electron chi connectivity index (χ1n) is 11.1. The van der Waals surface area contributed by atoms with Crippen LogP contribution < -0.4 is 4.74 Å². The second-order valence-corrected chi connectivity index (χ2v) is 8.49. The summed E-state index contributed by atoms with van der Waals surface area (Å²) in [5.74, 6) is 1.99. The number of hydrogen-bond acceptors (Lipinski definition) is 4. The van der Waals surface area contributed by atoms with Crippen molar-refractivity contribution in [3.05, 3.63) is 29.8 Å². The molecule has 2 amide bonds. The minimum Gasteiger partial charge on any atom is -0.493 e. The molecule has 0 aromatic heterocycles. The highest BCUT2D eigenvalue weighted by Gasteiger charge is 2.30. The number of morpholine rings is 1. The molecular formula is C23H32N2O4. The molecule has 6 heteroatoms. The number of ether oxygens (including phenoxy) is 2. The number of benzene rings is 1. The molecule has 29 heavy (non-hydrogen) atoms. The van der Waals surface area contributed by atoms with Gasteiger partial charge in [-0.25, -0.2) is 0 Å². The molecule has 0 atom stereocenters. The average molecular weight is 401 g/mol. The number of carbonyl (C=O) groups excluding carboxylic acids is 2. The predicted octanol–water partition coefficient (Wildman–Crippen LogP) is 2.97. The van der Waals surface area contributed by atoms with Gasteiger partial charge in [0, 0.05) is 37.7 Å². The van der Waals surface area contributed by atoms with Gasteiger partial charge in [0.25, 0.3) is 5.91 Å². The minimum atomic E-state index is 0.0548. The van der Waals surface area contributed by atoms with Crippen LogP contribution in [0.1, 0.15) is 48.9 Å². The highest BCUT2D eigenvalue weighted by molar-refractivity contribution is 5.94. The number of likely N-dealkylation sites (tertiary alicyclic amines) is 1. The number of nitrogens with zero attached hydrogens (tertiary/aromatic N) is 2. The third kappa shape index (κ3) is 5.10. The smallest absolute Gasteiger partial charge is 0.254 e. The van der Waals surface area contributed by atoms with Crippen molar-refractivity contribution in [2.75, 3.05) is 46.0 Å². The molecule has 1 aromatic carbocycles. The lowest BCUT2D eigenvalue weighted by molar-refractivity contribution is -0.136. The third-order valence-electron chi connectivity index (χ3n) is 6.52. The maximum absolute atomic E-state index is 12.5. The fourth-order valence-corrected chi connectivity index (χ4v) is 4.61. The van der Waals surface area contributed by atoms with Crippen molar-refractivity contribution in [1.82, 2.24) is 9.80 Å². The molecular weight excluding hydrogens is 368 g/mol. The highest BCUT2D eigenvalue weighted by Crippen LogP contribution is 2.28. The van der Waals surface area contributed by atoms with E-state index in [0.29, 0.717) is 50.3 Å². The molecule has 2 heterocycles. The van der Waals surface area contributed by atoms with Crippen molar-refractivity contribution in [2.45, 2.75) is 38.5 Å². The summed E-state index contributed by atoms with van der Waals surface area (Å²) in [7, 11) is 0. The van der Waals surface area contributed by atoms with E-state index in [4.69, 9.17) is 9.47 Å². The van der Waals surface area contributed by atoms with E-state index in [9.17, 15) is 9.59 Å². The quantitative estimate of drug-likeness (QED) is 0.763. The van der Waals surface area contributed by atoms with E-state index in [0.717, 1.165) is 44.5 Å². The van der Waals surface area contributed by atoms with Crippen molar-refractivity contribution in [2.24, 2.45) is 11.8 Å². The first-order chi connectivity index (χ1) is 14.2. The van der Waals surface area contributed by atoms with Crippen molar-refractivity contribution >= 4 is 11.8 Å². The van der Waals surface area contributed by atoms with Gasteiger partial charge in [-0.1, -0.05) is 12.8 Å². The van der Waals surface area contributed by atoms with E-state index in [1.807, 2.05) is 29.2 Å².